The molecule has 0 spiro atoms. The number of H-pyrrole nitrogens is 1. The highest BCUT2D eigenvalue weighted by Crippen LogP contribution is 2.53. The molecule has 3 atom stereocenters. The van der Waals surface area contributed by atoms with E-state index in [1.54, 1.807) is 19.2 Å². The van der Waals surface area contributed by atoms with Crippen LogP contribution in [0.1, 0.15) is 52.7 Å². The molecule has 34 heavy (non-hydrogen) atoms. The molecule has 0 radical (unpaired) electrons. The van der Waals surface area contributed by atoms with Crippen LogP contribution in [0.3, 0.4) is 0 Å². The van der Waals surface area contributed by atoms with E-state index in [0.29, 0.717) is 19.4 Å². The molecule has 2 aromatic carbocycles. The third-order valence-corrected chi connectivity index (χ3v) is 7.61. The highest BCUT2D eigenvalue weighted by Gasteiger charge is 2.53. The molecule has 0 aliphatic carbocycles. The van der Waals surface area contributed by atoms with Gasteiger partial charge in [0.15, 0.2) is 0 Å². The molecule has 5 rings (SSSR count). The largest absolute Gasteiger partial charge is 0.496 e. The number of aromatic carboxylic acids is 1. The summed E-state index contributed by atoms with van der Waals surface area (Å²) in [5, 5.41) is 10.4. The van der Waals surface area contributed by atoms with Crippen LogP contribution in [0.5, 0.6) is 5.75 Å². The second kappa shape index (κ2) is 8.67. The lowest BCUT2D eigenvalue weighted by molar-refractivity contribution is -0.188. The average molecular weight is 471 g/mol. The maximum Gasteiger partial charge on any atom is 0.345 e. The lowest BCUT2D eigenvalue weighted by atomic mass is 9.79. The van der Waals surface area contributed by atoms with Gasteiger partial charge < -0.3 is 19.6 Å². The van der Waals surface area contributed by atoms with Gasteiger partial charge in [-0.15, -0.1) is 0 Å². The predicted molar refractivity (Wildman–Crippen MR) is 123 cm³/mol. The summed E-state index contributed by atoms with van der Waals surface area (Å²) in [4.78, 5) is 17.1. The van der Waals surface area contributed by atoms with Crippen LogP contribution in [0.15, 0.2) is 42.6 Å². The molecule has 8 heteroatoms. The lowest BCUT2D eigenvalue weighted by Crippen LogP contribution is -2.52. The van der Waals surface area contributed by atoms with E-state index >= 15 is 0 Å². The molecule has 1 unspecified atom stereocenters. The Labute approximate surface area is 196 Å². The normalized spacial score (nSPS) is 24.7. The summed E-state index contributed by atoms with van der Waals surface area (Å²) in [6.45, 7) is -0.197. The van der Waals surface area contributed by atoms with Gasteiger partial charge in [0.05, 0.1) is 18.8 Å². The fraction of sp³-hybridized carbons (Fsp3) is 0.423. The van der Waals surface area contributed by atoms with Crippen molar-refractivity contribution in [1.29, 1.82) is 0 Å². The standard InChI is InChI=1S/C26H28F2N2O4/c1-15-11-22(33-2)21(20-8-10-29-23(15)20)14-30-18-7-9-26(30,13-19(12-18)34-25(27)28)17-5-3-16(4-6-17)24(31)32/h3-6,8,10-11,18-19,25,29H,7,9,12-14H2,1-2H3,(H,31,32)/t18-,19+,26?/m1/s1. The van der Waals surface area contributed by atoms with Crippen molar-refractivity contribution in [3.8, 4) is 5.75 Å². The summed E-state index contributed by atoms with van der Waals surface area (Å²) < 4.78 is 37.1. The fourth-order valence-electron chi connectivity index (χ4n) is 6.11. The number of carbonyl (C=O) groups is 1. The van der Waals surface area contributed by atoms with Crippen LogP contribution in [0.2, 0.25) is 0 Å². The Morgan fingerprint density at radius 3 is 2.74 bits per heavy atom. The Bertz CT molecular complexity index is 1210. The first-order valence-electron chi connectivity index (χ1n) is 11.5. The zero-order chi connectivity index (χ0) is 24.0. The lowest BCUT2D eigenvalue weighted by Gasteiger charge is -2.48. The summed E-state index contributed by atoms with van der Waals surface area (Å²) >= 11 is 0. The number of aromatic nitrogens is 1. The minimum Gasteiger partial charge on any atom is -0.496 e. The molecule has 180 valence electrons. The van der Waals surface area contributed by atoms with Gasteiger partial charge in [0.25, 0.3) is 0 Å². The zero-order valence-corrected chi connectivity index (χ0v) is 19.2. The Morgan fingerprint density at radius 2 is 2.06 bits per heavy atom. The number of aryl methyl sites for hydroxylation is 1. The second-order valence-electron chi connectivity index (χ2n) is 9.33. The van der Waals surface area contributed by atoms with Gasteiger partial charge in [-0.1, -0.05) is 12.1 Å². The molecule has 6 nitrogen and oxygen atoms in total. The third-order valence-electron chi connectivity index (χ3n) is 7.61. The molecule has 2 aliphatic heterocycles. The van der Waals surface area contributed by atoms with Crippen LogP contribution in [-0.2, 0) is 16.8 Å². The minimum atomic E-state index is -2.82. The predicted octanol–water partition coefficient (Wildman–Crippen LogP) is 5.44. The number of nitrogens with zero attached hydrogens (tertiary/aromatic N) is 1. The van der Waals surface area contributed by atoms with Crippen LogP contribution >= 0.6 is 0 Å². The minimum absolute atomic E-state index is 0.0663. The van der Waals surface area contributed by atoms with Crippen molar-refractivity contribution >= 4 is 16.9 Å². The Morgan fingerprint density at radius 1 is 1.29 bits per heavy atom. The smallest absolute Gasteiger partial charge is 0.345 e. The van der Waals surface area contributed by atoms with Gasteiger partial charge in [0.2, 0.25) is 0 Å². The first-order valence-corrected chi connectivity index (χ1v) is 11.5. The molecule has 2 fully saturated rings. The summed E-state index contributed by atoms with van der Waals surface area (Å²) in [5.74, 6) is -0.196. The number of rotatable bonds is 7. The number of piperidine rings is 1. The average Bonchev–Trinajstić information content (AvgIpc) is 3.37. The highest BCUT2D eigenvalue weighted by molar-refractivity contribution is 5.88. The van der Waals surface area contributed by atoms with E-state index < -0.39 is 24.2 Å². The summed E-state index contributed by atoms with van der Waals surface area (Å²) in [6, 6.07) is 11.0. The monoisotopic (exact) mass is 470 g/mol. The van der Waals surface area contributed by atoms with E-state index in [9.17, 15) is 18.7 Å². The van der Waals surface area contributed by atoms with E-state index in [0.717, 1.165) is 46.2 Å². The number of carboxylic acid groups (broad SMARTS) is 1. The Balaban J connectivity index is 1.59. The first kappa shape index (κ1) is 22.8. The molecule has 0 amide bonds. The first-order chi connectivity index (χ1) is 16.3. The van der Waals surface area contributed by atoms with Gasteiger partial charge in [-0.25, -0.2) is 4.79 Å². The van der Waals surface area contributed by atoms with E-state index in [-0.39, 0.29) is 11.6 Å². The van der Waals surface area contributed by atoms with Crippen molar-refractivity contribution in [2.75, 3.05) is 7.11 Å². The van der Waals surface area contributed by atoms with Gasteiger partial charge in [0, 0.05) is 40.8 Å². The van der Waals surface area contributed by atoms with Crippen molar-refractivity contribution in [2.45, 2.75) is 63.4 Å². The number of halogens is 2. The Kier molecular flexibility index (Phi) is 5.81. The SMILES string of the molecule is COc1cc(C)c2[nH]ccc2c1CN1[C@@H]2CCC1(c1ccc(C(=O)O)cc1)C[C@@H](OC(F)F)C2. The number of hydrogen-bond donors (Lipinski definition) is 2. The molecule has 3 aromatic rings. The number of fused-ring (bicyclic) bond motifs is 3. The number of alkyl halides is 2. The van der Waals surface area contributed by atoms with Gasteiger partial charge >= 0.3 is 12.6 Å². The van der Waals surface area contributed by atoms with E-state index in [1.807, 2.05) is 37.4 Å². The number of carboxylic acids is 1. The van der Waals surface area contributed by atoms with Crippen molar-refractivity contribution in [2.24, 2.45) is 0 Å². The van der Waals surface area contributed by atoms with Crippen LogP contribution in [0.4, 0.5) is 8.78 Å². The molecular weight excluding hydrogens is 442 g/mol. The molecule has 2 N–H and O–H groups in total. The van der Waals surface area contributed by atoms with Gasteiger partial charge in [-0.3, -0.25) is 4.90 Å². The van der Waals surface area contributed by atoms with Gasteiger partial charge in [-0.05, 0) is 68.0 Å². The van der Waals surface area contributed by atoms with Gasteiger partial charge in [-0.2, -0.15) is 8.78 Å². The quantitative estimate of drug-likeness (QED) is 0.481. The van der Waals surface area contributed by atoms with E-state index in [2.05, 4.69) is 9.88 Å². The van der Waals surface area contributed by atoms with Crippen LogP contribution in [-0.4, -0.2) is 46.8 Å². The van der Waals surface area contributed by atoms with Crippen LogP contribution < -0.4 is 4.74 Å². The molecule has 2 aliphatic rings. The van der Waals surface area contributed by atoms with Crippen LogP contribution in [0, 0.1) is 6.92 Å². The summed E-state index contributed by atoms with van der Waals surface area (Å²) in [6.07, 6.45) is 3.95. The highest BCUT2D eigenvalue weighted by atomic mass is 19.3. The van der Waals surface area contributed by atoms with Crippen molar-refractivity contribution in [1.82, 2.24) is 9.88 Å². The number of aromatic amines is 1. The molecule has 2 saturated heterocycles. The molecule has 3 heterocycles. The molecule has 1 aromatic heterocycles. The maximum atomic E-state index is 13.2. The molecular formula is C26H28F2N2O4. The second-order valence-corrected chi connectivity index (χ2v) is 9.33. The third kappa shape index (κ3) is 3.75. The van der Waals surface area contributed by atoms with Crippen molar-refractivity contribution in [3.63, 3.8) is 0 Å². The summed E-state index contributed by atoms with van der Waals surface area (Å²) in [5.41, 5.74) is 3.80. The number of benzene rings is 2. The fourth-order valence-corrected chi connectivity index (χ4v) is 6.11. The number of nitrogens with one attached hydrogen (secondary N) is 1. The Hall–Kier alpha value is -2.97. The maximum absolute atomic E-state index is 13.2. The topological polar surface area (TPSA) is 74.8 Å². The van der Waals surface area contributed by atoms with Gasteiger partial charge in [0.1, 0.15) is 5.75 Å². The number of methoxy groups -OCH3 is 1. The van der Waals surface area contributed by atoms with E-state index in [4.69, 9.17) is 9.47 Å². The van der Waals surface area contributed by atoms with Crippen LogP contribution in [0.25, 0.3) is 10.9 Å². The number of hydrogen-bond acceptors (Lipinski definition) is 4. The van der Waals surface area contributed by atoms with E-state index in [1.165, 1.54) is 0 Å². The summed E-state index contributed by atoms with van der Waals surface area (Å²) in [7, 11) is 1.66. The molecule has 0 saturated carbocycles. The number of ether oxygens (including phenoxy) is 2. The van der Waals surface area contributed by atoms with Crippen molar-refractivity contribution < 1.29 is 28.2 Å². The molecule has 2 bridgehead atoms. The zero-order valence-electron chi connectivity index (χ0n) is 19.2. The van der Waals surface area contributed by atoms with Crippen molar-refractivity contribution in [3.05, 3.63) is 64.8 Å².